The van der Waals surface area contributed by atoms with Gasteiger partial charge in [-0.1, -0.05) is 0 Å². The Morgan fingerprint density at radius 2 is 2.10 bits per heavy atom. The van der Waals surface area contributed by atoms with Crippen molar-refractivity contribution in [1.29, 1.82) is 0 Å². The van der Waals surface area contributed by atoms with Gasteiger partial charge in [-0.25, -0.2) is 5.43 Å². The average Bonchev–Trinajstić information content (AvgIpc) is 2.86. The lowest BCUT2D eigenvalue weighted by Crippen LogP contribution is -2.22. The molecule has 2 aromatic rings. The Morgan fingerprint density at radius 3 is 2.57 bits per heavy atom. The topological polar surface area (TPSA) is 59.3 Å². The van der Waals surface area contributed by atoms with Crippen molar-refractivity contribution < 1.29 is 4.79 Å². The van der Waals surface area contributed by atoms with E-state index in [1.165, 1.54) is 9.75 Å². The van der Waals surface area contributed by atoms with E-state index < -0.39 is 0 Å². The monoisotopic (exact) mass is 368 g/mol. The van der Waals surface area contributed by atoms with Crippen LogP contribution in [0.15, 0.2) is 15.6 Å². The van der Waals surface area contributed by atoms with Crippen LogP contribution < -0.4 is 5.43 Å². The molecule has 0 bridgehead atoms. The molecule has 2 rings (SSSR count). The minimum atomic E-state index is -0.283. The molecule has 5 nitrogen and oxygen atoms in total. The molecule has 0 aliphatic carbocycles. The molecule has 0 unspecified atom stereocenters. The fourth-order valence-corrected chi connectivity index (χ4v) is 3.61. The van der Waals surface area contributed by atoms with Crippen LogP contribution in [0.1, 0.15) is 38.4 Å². The zero-order valence-corrected chi connectivity index (χ0v) is 15.0. The highest BCUT2D eigenvalue weighted by Gasteiger charge is 2.18. The van der Waals surface area contributed by atoms with Gasteiger partial charge in [-0.15, -0.1) is 11.3 Å². The molecule has 2 heterocycles. The van der Waals surface area contributed by atoms with Crippen molar-refractivity contribution in [3.63, 3.8) is 0 Å². The predicted molar refractivity (Wildman–Crippen MR) is 89.1 cm³/mol. The Bertz CT molecular complexity index is 730. The van der Waals surface area contributed by atoms with Crippen molar-refractivity contribution in [2.45, 2.75) is 27.7 Å². The molecule has 1 amide bonds. The summed E-state index contributed by atoms with van der Waals surface area (Å²) in [6.45, 7) is 7.84. The van der Waals surface area contributed by atoms with Crippen molar-refractivity contribution in [3.05, 3.63) is 37.2 Å². The molecule has 0 aliphatic rings. The maximum absolute atomic E-state index is 12.2. The lowest BCUT2D eigenvalue weighted by atomic mass is 10.2. The SMILES string of the molecule is C/C(=N/NC(=O)c1c(Br)c(C)nn1C)c1cc(C)sc1C. The summed E-state index contributed by atoms with van der Waals surface area (Å²) in [7, 11) is 1.73. The van der Waals surface area contributed by atoms with Crippen LogP contribution in [-0.4, -0.2) is 21.4 Å². The third-order valence-corrected chi connectivity index (χ3v) is 5.04. The predicted octanol–water partition coefficient (Wildman–Crippen LogP) is 3.32. The number of halogens is 1. The number of hydrazone groups is 1. The summed E-state index contributed by atoms with van der Waals surface area (Å²) < 4.78 is 2.23. The summed E-state index contributed by atoms with van der Waals surface area (Å²) in [5.74, 6) is -0.283. The van der Waals surface area contributed by atoms with E-state index in [1.807, 2.05) is 13.8 Å². The number of rotatable bonds is 3. The first-order valence-electron chi connectivity index (χ1n) is 6.42. The van der Waals surface area contributed by atoms with Gasteiger partial charge >= 0.3 is 0 Å². The number of nitrogens with zero attached hydrogens (tertiary/aromatic N) is 3. The Kier molecular flexibility index (Phi) is 4.63. The van der Waals surface area contributed by atoms with E-state index in [-0.39, 0.29) is 5.91 Å². The van der Waals surface area contributed by atoms with E-state index in [2.05, 4.69) is 51.5 Å². The van der Waals surface area contributed by atoms with Crippen LogP contribution in [-0.2, 0) is 7.05 Å². The Hall–Kier alpha value is -1.47. The molecule has 0 fully saturated rings. The first-order valence-corrected chi connectivity index (χ1v) is 8.03. The van der Waals surface area contributed by atoms with Gasteiger partial charge < -0.3 is 0 Å². The van der Waals surface area contributed by atoms with E-state index in [1.54, 1.807) is 23.1 Å². The highest BCUT2D eigenvalue weighted by molar-refractivity contribution is 9.10. The molecule has 0 atom stereocenters. The van der Waals surface area contributed by atoms with E-state index >= 15 is 0 Å². The first-order chi connectivity index (χ1) is 9.81. The molecular formula is C14H17BrN4OS. The minimum absolute atomic E-state index is 0.283. The minimum Gasteiger partial charge on any atom is -0.266 e. The number of hydrogen-bond acceptors (Lipinski definition) is 4. The van der Waals surface area contributed by atoms with Crippen LogP contribution in [0, 0.1) is 20.8 Å². The van der Waals surface area contributed by atoms with Crippen LogP contribution in [0.2, 0.25) is 0 Å². The molecule has 0 saturated carbocycles. The average molecular weight is 369 g/mol. The van der Waals surface area contributed by atoms with Crippen molar-refractivity contribution in [3.8, 4) is 0 Å². The summed E-state index contributed by atoms with van der Waals surface area (Å²) in [6.07, 6.45) is 0. The second-order valence-electron chi connectivity index (χ2n) is 4.84. The molecule has 2 aromatic heterocycles. The van der Waals surface area contributed by atoms with Crippen molar-refractivity contribution in [2.75, 3.05) is 0 Å². The molecule has 112 valence electrons. The fourth-order valence-electron chi connectivity index (χ4n) is 2.12. The number of nitrogens with one attached hydrogen (secondary N) is 1. The van der Waals surface area contributed by atoms with Crippen LogP contribution in [0.5, 0.6) is 0 Å². The molecule has 21 heavy (non-hydrogen) atoms. The normalized spacial score (nSPS) is 11.8. The Labute approximate surface area is 136 Å². The van der Waals surface area contributed by atoms with Gasteiger partial charge in [-0.3, -0.25) is 9.48 Å². The van der Waals surface area contributed by atoms with Gasteiger partial charge in [-0.2, -0.15) is 10.2 Å². The lowest BCUT2D eigenvalue weighted by Gasteiger charge is -2.03. The van der Waals surface area contributed by atoms with Gasteiger partial charge in [0.15, 0.2) is 0 Å². The number of carbonyl (C=O) groups excluding carboxylic acids is 1. The number of aromatic nitrogens is 2. The Morgan fingerprint density at radius 1 is 1.43 bits per heavy atom. The number of aryl methyl sites for hydroxylation is 4. The number of amides is 1. The maximum atomic E-state index is 12.2. The fraction of sp³-hybridized carbons (Fsp3) is 0.357. The van der Waals surface area contributed by atoms with Gasteiger partial charge in [0.25, 0.3) is 5.91 Å². The molecular weight excluding hydrogens is 352 g/mol. The summed E-state index contributed by atoms with van der Waals surface area (Å²) in [5.41, 5.74) is 5.68. The van der Waals surface area contributed by atoms with Crippen molar-refractivity contribution >= 4 is 38.9 Å². The van der Waals surface area contributed by atoms with Crippen LogP contribution in [0.4, 0.5) is 0 Å². The summed E-state index contributed by atoms with van der Waals surface area (Å²) in [6, 6.07) is 2.08. The lowest BCUT2D eigenvalue weighted by molar-refractivity contribution is 0.0944. The van der Waals surface area contributed by atoms with Gasteiger partial charge in [0.2, 0.25) is 0 Å². The smallest absolute Gasteiger partial charge is 0.266 e. The van der Waals surface area contributed by atoms with Crippen LogP contribution in [0.3, 0.4) is 0 Å². The van der Waals surface area contributed by atoms with Gasteiger partial charge in [-0.05, 0) is 49.7 Å². The van der Waals surface area contributed by atoms with Crippen molar-refractivity contribution in [2.24, 2.45) is 12.1 Å². The van der Waals surface area contributed by atoms with E-state index in [0.717, 1.165) is 17.0 Å². The molecule has 0 aromatic carbocycles. The van der Waals surface area contributed by atoms with Crippen LogP contribution >= 0.6 is 27.3 Å². The van der Waals surface area contributed by atoms with Gasteiger partial charge in [0, 0.05) is 22.4 Å². The van der Waals surface area contributed by atoms with Crippen LogP contribution in [0.25, 0.3) is 0 Å². The summed E-state index contributed by atoms with van der Waals surface area (Å²) in [5, 5.41) is 8.39. The molecule has 7 heteroatoms. The molecule has 0 saturated heterocycles. The zero-order valence-electron chi connectivity index (χ0n) is 12.6. The summed E-state index contributed by atoms with van der Waals surface area (Å²) in [4.78, 5) is 14.6. The van der Waals surface area contributed by atoms with E-state index in [0.29, 0.717) is 10.2 Å². The number of hydrogen-bond donors (Lipinski definition) is 1. The first kappa shape index (κ1) is 15.9. The highest BCUT2D eigenvalue weighted by Crippen LogP contribution is 2.22. The molecule has 1 N–H and O–H groups in total. The largest absolute Gasteiger partial charge is 0.290 e. The van der Waals surface area contributed by atoms with Crippen molar-refractivity contribution in [1.82, 2.24) is 15.2 Å². The van der Waals surface area contributed by atoms with E-state index in [4.69, 9.17) is 0 Å². The third kappa shape index (κ3) is 3.24. The Balaban J connectivity index is 2.20. The number of carbonyl (C=O) groups is 1. The molecule has 0 spiro atoms. The second-order valence-corrected chi connectivity index (χ2v) is 7.09. The highest BCUT2D eigenvalue weighted by atomic mass is 79.9. The maximum Gasteiger partial charge on any atom is 0.290 e. The number of thiophene rings is 1. The van der Waals surface area contributed by atoms with E-state index in [9.17, 15) is 4.79 Å². The standard InChI is InChI=1S/C14H17BrN4OS/c1-7-6-11(10(4)21-7)8(2)16-17-14(20)13-12(15)9(3)18-19(13)5/h6H,1-5H3,(H,17,20)/b16-8-. The van der Waals surface area contributed by atoms with Gasteiger partial charge in [0.05, 0.1) is 15.9 Å². The molecule has 0 radical (unpaired) electrons. The zero-order chi connectivity index (χ0) is 15.7. The van der Waals surface area contributed by atoms with Gasteiger partial charge in [0.1, 0.15) is 5.69 Å². The quantitative estimate of drug-likeness (QED) is 0.667. The molecule has 0 aliphatic heterocycles. The third-order valence-electron chi connectivity index (χ3n) is 3.12. The second kappa shape index (κ2) is 6.11. The summed E-state index contributed by atoms with van der Waals surface area (Å²) >= 11 is 5.10.